The normalized spacial score (nSPS) is 17.2. The Kier molecular flexibility index (Phi) is 19.1. The molecule has 0 N–H and O–H groups in total. The van der Waals surface area contributed by atoms with Crippen LogP contribution in [0.5, 0.6) is 0 Å². The van der Waals surface area contributed by atoms with Crippen LogP contribution >= 0.6 is 47.2 Å². The predicted octanol–water partition coefficient (Wildman–Crippen LogP) is 7.46. The van der Waals surface area contributed by atoms with Crippen molar-refractivity contribution in [3.8, 4) is 0 Å². The molecule has 0 aromatic carbocycles. The van der Waals surface area contributed by atoms with E-state index >= 15 is 0 Å². The maximum Gasteiger partial charge on any atom is 0.0351 e. The van der Waals surface area contributed by atoms with Crippen LogP contribution in [0.3, 0.4) is 0 Å². The van der Waals surface area contributed by atoms with Crippen LogP contribution < -0.4 is 0 Å². The molecule has 26 heavy (non-hydrogen) atoms. The molecule has 5 heteroatoms. The third-order valence-electron chi connectivity index (χ3n) is 4.22. The van der Waals surface area contributed by atoms with Crippen LogP contribution in [0, 0.1) is 5.41 Å². The lowest BCUT2D eigenvalue weighted by atomic mass is 9.87. The topological polar surface area (TPSA) is 3.24 Å². The highest BCUT2D eigenvalue weighted by atomic mass is 35.5. The third kappa shape index (κ3) is 16.5. The Bertz CT molecular complexity index is 413. The van der Waals surface area contributed by atoms with Gasteiger partial charge in [-0.3, -0.25) is 4.90 Å². The van der Waals surface area contributed by atoms with Crippen LogP contribution in [-0.4, -0.2) is 42.2 Å². The summed E-state index contributed by atoms with van der Waals surface area (Å²) >= 11 is 16.6. The maximum absolute atomic E-state index is 5.54. The largest absolute Gasteiger partial charge is 0.300 e. The standard InChI is InChI=1S/C15H24.C6H12Cl3N.ClH/c1-13-7-5-8-14(2)10-12-15(3,4)11-6-9-13;7-1-4-10(5-2-8)6-3-9;/h6-7,10-11H,5,8-9,12H2,1-4H3;1-6H2;1H. The van der Waals surface area contributed by atoms with Gasteiger partial charge in [-0.05, 0) is 44.9 Å². The second-order valence-corrected chi connectivity index (χ2v) is 8.48. The molecular formula is C21H37Cl4N. The zero-order chi connectivity index (χ0) is 19.1. The number of alkyl halides is 3. The molecule has 1 rings (SSSR count). The minimum absolute atomic E-state index is 0. The van der Waals surface area contributed by atoms with Crippen LogP contribution in [-0.2, 0) is 0 Å². The van der Waals surface area contributed by atoms with E-state index in [0.29, 0.717) is 23.1 Å². The summed E-state index contributed by atoms with van der Waals surface area (Å²) in [6.07, 6.45) is 14.1. The summed E-state index contributed by atoms with van der Waals surface area (Å²) in [7, 11) is 0. The van der Waals surface area contributed by atoms with Crippen molar-refractivity contribution in [2.24, 2.45) is 5.41 Å². The van der Waals surface area contributed by atoms with E-state index < -0.39 is 0 Å². The van der Waals surface area contributed by atoms with Crippen molar-refractivity contribution in [3.05, 3.63) is 35.5 Å². The minimum atomic E-state index is 0. The molecule has 0 saturated carbocycles. The summed E-state index contributed by atoms with van der Waals surface area (Å²) in [5.41, 5.74) is 3.34. The molecule has 0 amide bonds. The maximum atomic E-state index is 5.54. The summed E-state index contributed by atoms with van der Waals surface area (Å²) in [6.45, 7) is 11.7. The Morgan fingerprint density at radius 1 is 0.923 bits per heavy atom. The SMILES string of the molecule is CC1=CCCC(C)=CCC(C)(C)C=CC1.Cl.ClCCN(CCCl)CCCl. The van der Waals surface area contributed by atoms with E-state index in [1.54, 1.807) is 0 Å². The monoisotopic (exact) mass is 443 g/mol. The van der Waals surface area contributed by atoms with Gasteiger partial charge in [0.05, 0.1) is 0 Å². The lowest BCUT2D eigenvalue weighted by Gasteiger charge is -2.18. The van der Waals surface area contributed by atoms with Gasteiger partial charge in [-0.1, -0.05) is 49.3 Å². The summed E-state index contributed by atoms with van der Waals surface area (Å²) < 4.78 is 0. The summed E-state index contributed by atoms with van der Waals surface area (Å²) in [5.74, 6) is 1.94. The molecule has 0 fully saturated rings. The fourth-order valence-electron chi connectivity index (χ4n) is 2.49. The molecule has 0 atom stereocenters. The first-order valence-electron chi connectivity index (χ1n) is 9.24. The molecule has 0 aromatic heterocycles. The van der Waals surface area contributed by atoms with E-state index in [1.165, 1.54) is 24.0 Å². The quantitative estimate of drug-likeness (QED) is 0.303. The summed E-state index contributed by atoms with van der Waals surface area (Å²) in [6, 6.07) is 0. The first kappa shape index (κ1) is 28.5. The fourth-order valence-corrected chi connectivity index (χ4v) is 3.21. The van der Waals surface area contributed by atoms with E-state index in [4.69, 9.17) is 34.8 Å². The van der Waals surface area contributed by atoms with Gasteiger partial charge in [-0.15, -0.1) is 47.2 Å². The molecule has 0 unspecified atom stereocenters. The van der Waals surface area contributed by atoms with Gasteiger partial charge in [0.2, 0.25) is 0 Å². The average molecular weight is 445 g/mol. The number of allylic oxidation sites excluding steroid dienone is 6. The highest BCUT2D eigenvalue weighted by Crippen LogP contribution is 2.25. The van der Waals surface area contributed by atoms with Crippen LogP contribution in [0.2, 0.25) is 0 Å². The van der Waals surface area contributed by atoms with Crippen molar-refractivity contribution < 1.29 is 0 Å². The number of hydrogen-bond acceptors (Lipinski definition) is 1. The first-order chi connectivity index (χ1) is 11.8. The van der Waals surface area contributed by atoms with Crippen LogP contribution in [0.15, 0.2) is 35.5 Å². The predicted molar refractivity (Wildman–Crippen MR) is 125 cm³/mol. The van der Waals surface area contributed by atoms with Gasteiger partial charge in [-0.2, -0.15) is 0 Å². The Hall–Kier alpha value is 0.340. The molecule has 0 aromatic rings. The van der Waals surface area contributed by atoms with Gasteiger partial charge in [0.15, 0.2) is 0 Å². The molecule has 154 valence electrons. The van der Waals surface area contributed by atoms with Gasteiger partial charge < -0.3 is 0 Å². The summed E-state index contributed by atoms with van der Waals surface area (Å²) in [4.78, 5) is 2.15. The molecule has 1 nitrogen and oxygen atoms in total. The van der Waals surface area contributed by atoms with Crippen LogP contribution in [0.25, 0.3) is 0 Å². The molecule has 0 spiro atoms. The van der Waals surface area contributed by atoms with Gasteiger partial charge in [0.1, 0.15) is 0 Å². The van der Waals surface area contributed by atoms with E-state index in [2.05, 4.69) is 56.9 Å². The van der Waals surface area contributed by atoms with Crippen molar-refractivity contribution >= 4 is 47.2 Å². The fraction of sp³-hybridized carbons (Fsp3) is 0.714. The van der Waals surface area contributed by atoms with Gasteiger partial charge in [0, 0.05) is 37.3 Å². The van der Waals surface area contributed by atoms with Crippen LogP contribution in [0.1, 0.15) is 53.4 Å². The van der Waals surface area contributed by atoms with E-state index in [9.17, 15) is 0 Å². The number of nitrogens with zero attached hydrogens (tertiary/aromatic N) is 1. The Labute approximate surface area is 183 Å². The Morgan fingerprint density at radius 3 is 1.96 bits per heavy atom. The lowest BCUT2D eigenvalue weighted by molar-refractivity contribution is 0.327. The molecular weight excluding hydrogens is 408 g/mol. The third-order valence-corrected chi connectivity index (χ3v) is 4.73. The van der Waals surface area contributed by atoms with Gasteiger partial charge in [-0.25, -0.2) is 0 Å². The molecule has 0 aliphatic heterocycles. The summed E-state index contributed by atoms with van der Waals surface area (Å²) in [5, 5.41) is 0. The highest BCUT2D eigenvalue weighted by molar-refractivity contribution is 6.18. The molecule has 1 aliphatic carbocycles. The number of hydrogen-bond donors (Lipinski definition) is 0. The molecule has 0 heterocycles. The minimum Gasteiger partial charge on any atom is -0.300 e. The van der Waals surface area contributed by atoms with Crippen molar-refractivity contribution in [2.45, 2.75) is 53.4 Å². The van der Waals surface area contributed by atoms with E-state index in [1.807, 2.05) is 0 Å². The molecule has 0 bridgehead atoms. The second-order valence-electron chi connectivity index (χ2n) is 7.35. The van der Waals surface area contributed by atoms with Crippen molar-refractivity contribution in [3.63, 3.8) is 0 Å². The molecule has 0 saturated heterocycles. The molecule has 1 aliphatic rings. The van der Waals surface area contributed by atoms with Crippen molar-refractivity contribution in [1.82, 2.24) is 4.90 Å². The Balaban J connectivity index is 0. The average Bonchev–Trinajstić information content (AvgIpc) is 2.56. The van der Waals surface area contributed by atoms with E-state index in [-0.39, 0.29) is 12.4 Å². The Morgan fingerprint density at radius 2 is 1.46 bits per heavy atom. The van der Waals surface area contributed by atoms with E-state index in [0.717, 1.165) is 32.5 Å². The molecule has 0 radical (unpaired) electrons. The highest BCUT2D eigenvalue weighted by Gasteiger charge is 2.11. The number of rotatable bonds is 6. The lowest BCUT2D eigenvalue weighted by Crippen LogP contribution is -2.29. The zero-order valence-corrected chi connectivity index (χ0v) is 20.0. The second kappa shape index (κ2) is 17.4. The first-order valence-corrected chi connectivity index (χ1v) is 10.8. The van der Waals surface area contributed by atoms with Crippen molar-refractivity contribution in [1.29, 1.82) is 0 Å². The zero-order valence-electron chi connectivity index (χ0n) is 16.9. The number of halogens is 4. The van der Waals surface area contributed by atoms with Crippen LogP contribution in [0.4, 0.5) is 0 Å². The smallest absolute Gasteiger partial charge is 0.0351 e. The van der Waals surface area contributed by atoms with Gasteiger partial charge in [0.25, 0.3) is 0 Å². The van der Waals surface area contributed by atoms with Crippen molar-refractivity contribution in [2.75, 3.05) is 37.3 Å². The van der Waals surface area contributed by atoms with Gasteiger partial charge >= 0.3 is 0 Å².